The van der Waals surface area contributed by atoms with E-state index in [9.17, 15) is 4.79 Å². The lowest BCUT2D eigenvalue weighted by Gasteiger charge is -2.22. The molecule has 3 nitrogen and oxygen atoms in total. The zero-order chi connectivity index (χ0) is 13.6. The summed E-state index contributed by atoms with van der Waals surface area (Å²) in [4.78, 5) is 16.4. The van der Waals surface area contributed by atoms with Crippen LogP contribution in [0.15, 0.2) is 36.5 Å². The maximum Gasteiger partial charge on any atom is 0.252 e. The van der Waals surface area contributed by atoms with Crippen molar-refractivity contribution in [1.82, 2.24) is 10.3 Å². The first-order valence-corrected chi connectivity index (χ1v) is 6.45. The van der Waals surface area contributed by atoms with Crippen LogP contribution >= 0.6 is 11.6 Å². The lowest BCUT2D eigenvalue weighted by molar-refractivity contribution is 0.0940. The van der Waals surface area contributed by atoms with Gasteiger partial charge in [0.15, 0.2) is 0 Å². The van der Waals surface area contributed by atoms with Crippen LogP contribution in [0.5, 0.6) is 0 Å². The zero-order valence-corrected chi connectivity index (χ0v) is 11.5. The molecule has 1 aliphatic rings. The van der Waals surface area contributed by atoms with E-state index in [4.69, 9.17) is 11.6 Å². The molecule has 0 unspecified atom stereocenters. The Morgan fingerprint density at radius 1 is 1.21 bits per heavy atom. The largest absolute Gasteiger partial charge is 0.343 e. The summed E-state index contributed by atoms with van der Waals surface area (Å²) in [6, 6.07) is 9.20. The first-order chi connectivity index (χ1) is 9.00. The second-order valence-corrected chi connectivity index (χ2v) is 5.55. The number of nitrogens with one attached hydrogen (secondary N) is 1. The molecule has 1 N–H and O–H groups in total. The smallest absolute Gasteiger partial charge is 0.252 e. The average Bonchev–Trinajstić information content (AvgIpc) is 2.61. The van der Waals surface area contributed by atoms with Crippen LogP contribution < -0.4 is 5.32 Å². The number of nitrogens with zero attached hydrogens (tertiary/aromatic N) is 1. The summed E-state index contributed by atoms with van der Waals surface area (Å²) in [7, 11) is 0. The molecule has 0 aliphatic carbocycles. The van der Waals surface area contributed by atoms with Crippen molar-refractivity contribution < 1.29 is 4.79 Å². The van der Waals surface area contributed by atoms with Gasteiger partial charge in [-0.25, -0.2) is 0 Å². The second kappa shape index (κ2) is 4.07. The van der Waals surface area contributed by atoms with Gasteiger partial charge in [0, 0.05) is 22.9 Å². The van der Waals surface area contributed by atoms with Crippen LogP contribution in [-0.2, 0) is 5.54 Å². The molecule has 1 aliphatic heterocycles. The summed E-state index contributed by atoms with van der Waals surface area (Å²) >= 11 is 6.34. The molecular weight excluding hydrogens is 260 g/mol. The minimum atomic E-state index is -0.440. The number of rotatable bonds is 1. The lowest BCUT2D eigenvalue weighted by atomic mass is 9.88. The van der Waals surface area contributed by atoms with E-state index in [1.807, 2.05) is 32.0 Å². The van der Waals surface area contributed by atoms with Gasteiger partial charge in [-0.3, -0.25) is 9.78 Å². The number of carbonyl (C=O) groups excluding carboxylic acids is 1. The number of hydrogen-bond donors (Lipinski definition) is 1. The third kappa shape index (κ3) is 1.81. The van der Waals surface area contributed by atoms with Gasteiger partial charge in [-0.2, -0.15) is 0 Å². The predicted octanol–water partition coefficient (Wildman–Crippen LogP) is 3.38. The summed E-state index contributed by atoms with van der Waals surface area (Å²) in [6.45, 7) is 3.94. The van der Waals surface area contributed by atoms with Crippen molar-refractivity contribution in [2.45, 2.75) is 19.4 Å². The van der Waals surface area contributed by atoms with Crippen LogP contribution in [0, 0.1) is 0 Å². The molecular formula is C15H13ClN2O. The number of hydrogen-bond acceptors (Lipinski definition) is 2. The normalized spacial score (nSPS) is 16.1. The van der Waals surface area contributed by atoms with E-state index in [2.05, 4.69) is 10.3 Å². The predicted molar refractivity (Wildman–Crippen MR) is 75.2 cm³/mol. The third-order valence-electron chi connectivity index (χ3n) is 3.37. The number of pyridine rings is 1. The van der Waals surface area contributed by atoms with Crippen LogP contribution in [0.4, 0.5) is 0 Å². The highest BCUT2D eigenvalue weighted by Crippen LogP contribution is 2.41. The highest BCUT2D eigenvalue weighted by atomic mass is 35.5. The maximum atomic E-state index is 12.0. The highest BCUT2D eigenvalue weighted by Gasteiger charge is 2.38. The molecule has 0 saturated carbocycles. The molecule has 96 valence electrons. The molecule has 0 fully saturated rings. The van der Waals surface area contributed by atoms with Crippen LogP contribution in [0.3, 0.4) is 0 Å². The Hall–Kier alpha value is -1.87. The SMILES string of the molecule is CC1(C)NC(=O)c2ccc(Cl)c(-c3ccccn3)c21. The molecule has 0 bridgehead atoms. The first-order valence-electron chi connectivity index (χ1n) is 6.07. The Morgan fingerprint density at radius 3 is 2.68 bits per heavy atom. The molecule has 0 spiro atoms. The van der Waals surface area contributed by atoms with Crippen LogP contribution in [0.1, 0.15) is 29.8 Å². The van der Waals surface area contributed by atoms with Crippen molar-refractivity contribution in [3.05, 3.63) is 52.7 Å². The van der Waals surface area contributed by atoms with E-state index in [1.165, 1.54) is 0 Å². The number of carbonyl (C=O) groups is 1. The average molecular weight is 273 g/mol. The zero-order valence-electron chi connectivity index (χ0n) is 10.7. The molecule has 0 atom stereocenters. The third-order valence-corrected chi connectivity index (χ3v) is 3.69. The fraction of sp³-hybridized carbons (Fsp3) is 0.200. The number of benzene rings is 1. The van der Waals surface area contributed by atoms with Crippen molar-refractivity contribution in [3.63, 3.8) is 0 Å². The number of fused-ring (bicyclic) bond motifs is 1. The number of halogens is 1. The summed E-state index contributed by atoms with van der Waals surface area (Å²) in [6.07, 6.45) is 1.72. The van der Waals surface area contributed by atoms with E-state index >= 15 is 0 Å². The molecule has 3 rings (SSSR count). The van der Waals surface area contributed by atoms with Crippen LogP contribution in [0.2, 0.25) is 5.02 Å². The van der Waals surface area contributed by atoms with Crippen LogP contribution in [0.25, 0.3) is 11.3 Å². The summed E-state index contributed by atoms with van der Waals surface area (Å²) in [5.74, 6) is -0.0613. The summed E-state index contributed by atoms with van der Waals surface area (Å²) in [5, 5.41) is 3.58. The van der Waals surface area contributed by atoms with Crippen LogP contribution in [-0.4, -0.2) is 10.9 Å². The van der Waals surface area contributed by atoms with Crippen molar-refractivity contribution in [2.75, 3.05) is 0 Å². The number of amides is 1. The van der Waals surface area contributed by atoms with Crippen molar-refractivity contribution in [1.29, 1.82) is 0 Å². The minimum absolute atomic E-state index is 0.0613. The first kappa shape index (κ1) is 12.2. The van der Waals surface area contributed by atoms with E-state index in [1.54, 1.807) is 18.3 Å². The second-order valence-electron chi connectivity index (χ2n) is 5.14. The van der Waals surface area contributed by atoms with E-state index in [0.717, 1.165) is 16.8 Å². The fourth-order valence-electron chi connectivity index (χ4n) is 2.59. The Kier molecular flexibility index (Phi) is 2.61. The highest BCUT2D eigenvalue weighted by molar-refractivity contribution is 6.33. The van der Waals surface area contributed by atoms with Gasteiger partial charge in [0.1, 0.15) is 0 Å². The molecule has 4 heteroatoms. The van der Waals surface area contributed by atoms with E-state index in [0.29, 0.717) is 10.6 Å². The number of aromatic nitrogens is 1. The monoisotopic (exact) mass is 272 g/mol. The lowest BCUT2D eigenvalue weighted by Crippen LogP contribution is -2.33. The molecule has 2 heterocycles. The molecule has 1 aromatic carbocycles. The van der Waals surface area contributed by atoms with Gasteiger partial charge in [-0.05, 0) is 38.1 Å². The molecule has 19 heavy (non-hydrogen) atoms. The van der Waals surface area contributed by atoms with Crippen molar-refractivity contribution in [3.8, 4) is 11.3 Å². The quantitative estimate of drug-likeness (QED) is 0.865. The Morgan fingerprint density at radius 2 is 2.00 bits per heavy atom. The van der Waals surface area contributed by atoms with Gasteiger partial charge >= 0.3 is 0 Å². The van der Waals surface area contributed by atoms with Gasteiger partial charge in [-0.15, -0.1) is 0 Å². The van der Waals surface area contributed by atoms with Crippen molar-refractivity contribution >= 4 is 17.5 Å². The molecule has 1 aromatic heterocycles. The van der Waals surface area contributed by atoms with E-state index in [-0.39, 0.29) is 5.91 Å². The molecule has 2 aromatic rings. The molecule has 0 saturated heterocycles. The standard InChI is InChI=1S/C15H13ClN2O/c1-15(2)13-9(14(19)18-15)6-7-10(16)12(13)11-5-3-4-8-17-11/h3-8H,1-2H3,(H,18,19). The summed E-state index contributed by atoms with van der Waals surface area (Å²) < 4.78 is 0. The summed E-state index contributed by atoms with van der Waals surface area (Å²) in [5.41, 5.74) is 2.78. The minimum Gasteiger partial charge on any atom is -0.343 e. The van der Waals surface area contributed by atoms with Gasteiger partial charge in [0.25, 0.3) is 5.91 Å². The Labute approximate surface area is 116 Å². The van der Waals surface area contributed by atoms with Gasteiger partial charge in [-0.1, -0.05) is 17.7 Å². The van der Waals surface area contributed by atoms with E-state index < -0.39 is 5.54 Å². The Balaban J connectivity index is 2.35. The fourth-order valence-corrected chi connectivity index (χ4v) is 2.84. The molecule has 1 amide bonds. The topological polar surface area (TPSA) is 42.0 Å². The Bertz CT molecular complexity index is 665. The van der Waals surface area contributed by atoms with Gasteiger partial charge in [0.2, 0.25) is 0 Å². The van der Waals surface area contributed by atoms with Crippen molar-refractivity contribution in [2.24, 2.45) is 0 Å². The maximum absolute atomic E-state index is 12.0. The molecule has 0 radical (unpaired) electrons. The van der Waals surface area contributed by atoms with Gasteiger partial charge < -0.3 is 5.32 Å². The van der Waals surface area contributed by atoms with Gasteiger partial charge in [0.05, 0.1) is 16.3 Å².